The predicted molar refractivity (Wildman–Crippen MR) is 97.9 cm³/mol. The van der Waals surface area contributed by atoms with Gasteiger partial charge in [-0.05, 0) is 49.7 Å². The zero-order valence-electron chi connectivity index (χ0n) is 13.0. The monoisotopic (exact) mass is 404 g/mol. The van der Waals surface area contributed by atoms with Crippen LogP contribution < -0.4 is 5.32 Å². The van der Waals surface area contributed by atoms with E-state index in [-0.39, 0.29) is 11.6 Å². The van der Waals surface area contributed by atoms with E-state index >= 15 is 0 Å². The van der Waals surface area contributed by atoms with Gasteiger partial charge in [-0.25, -0.2) is 4.68 Å². The minimum Gasteiger partial charge on any atom is -0.320 e. The lowest BCUT2D eigenvalue weighted by molar-refractivity contribution is 0.102. The average Bonchev–Trinajstić information content (AvgIpc) is 2.92. The fourth-order valence-corrected chi connectivity index (χ4v) is 2.86. The second kappa shape index (κ2) is 6.75. The molecule has 3 aromatic rings. The van der Waals surface area contributed by atoms with Gasteiger partial charge in [0.1, 0.15) is 0 Å². The predicted octanol–water partition coefficient (Wildman–Crippen LogP) is 4.55. The number of anilines is 1. The van der Waals surface area contributed by atoms with E-state index in [2.05, 4.69) is 31.6 Å². The van der Waals surface area contributed by atoms with Gasteiger partial charge in [0.25, 0.3) is 5.91 Å². The molecule has 2 aromatic carbocycles. The molecule has 0 spiro atoms. The quantitative estimate of drug-likeness (QED) is 0.695. The molecule has 1 heterocycles. The number of hydrogen-bond acceptors (Lipinski definition) is 3. The molecular formula is C17H14BrClN4O. The normalized spacial score (nSPS) is 10.7. The van der Waals surface area contributed by atoms with E-state index in [4.69, 9.17) is 11.6 Å². The number of aromatic nitrogens is 3. The largest absolute Gasteiger partial charge is 0.320 e. The summed E-state index contributed by atoms with van der Waals surface area (Å²) >= 11 is 9.41. The summed E-state index contributed by atoms with van der Waals surface area (Å²) in [6.45, 7) is 3.71. The van der Waals surface area contributed by atoms with Crippen molar-refractivity contribution in [3.8, 4) is 5.69 Å². The Morgan fingerprint density at radius 3 is 2.75 bits per heavy atom. The molecule has 1 N–H and O–H groups in total. The fraction of sp³-hybridized carbons (Fsp3) is 0.118. The second-order valence-corrected chi connectivity index (χ2v) is 6.68. The Bertz CT molecular complexity index is 923. The number of carbonyl (C=O) groups excluding carboxylic acids is 1. The topological polar surface area (TPSA) is 59.8 Å². The minimum absolute atomic E-state index is 0.273. The summed E-state index contributed by atoms with van der Waals surface area (Å²) in [6, 6.07) is 13.0. The standard InChI is InChI=1S/C17H14BrClN4O/c1-10-6-7-13(19)9-15(10)20-17(24)16-11(2)23(22-21-16)14-5-3-4-12(18)8-14/h3-9H,1-2H3,(H,20,24). The number of benzene rings is 2. The molecule has 122 valence electrons. The molecule has 0 saturated carbocycles. The van der Waals surface area contributed by atoms with Crippen LogP contribution in [0.3, 0.4) is 0 Å². The molecule has 5 nitrogen and oxygen atoms in total. The zero-order valence-corrected chi connectivity index (χ0v) is 15.4. The third-order valence-electron chi connectivity index (χ3n) is 3.61. The van der Waals surface area contributed by atoms with E-state index in [1.165, 1.54) is 0 Å². The number of amides is 1. The minimum atomic E-state index is -0.320. The van der Waals surface area contributed by atoms with Crippen molar-refractivity contribution in [1.29, 1.82) is 0 Å². The van der Waals surface area contributed by atoms with Crippen LogP contribution in [0.4, 0.5) is 5.69 Å². The molecule has 0 unspecified atom stereocenters. The summed E-state index contributed by atoms with van der Waals surface area (Å²) in [6.07, 6.45) is 0. The number of halogens is 2. The maximum atomic E-state index is 12.5. The average molecular weight is 406 g/mol. The molecule has 3 rings (SSSR count). The Morgan fingerprint density at radius 2 is 2.00 bits per heavy atom. The van der Waals surface area contributed by atoms with E-state index in [0.717, 1.165) is 15.7 Å². The van der Waals surface area contributed by atoms with Crippen molar-refractivity contribution in [1.82, 2.24) is 15.0 Å². The first-order chi connectivity index (χ1) is 11.5. The Hall–Kier alpha value is -2.18. The molecule has 0 bridgehead atoms. The third-order valence-corrected chi connectivity index (χ3v) is 4.34. The van der Waals surface area contributed by atoms with Gasteiger partial charge in [0, 0.05) is 15.2 Å². The van der Waals surface area contributed by atoms with Gasteiger partial charge in [-0.3, -0.25) is 4.79 Å². The molecule has 0 aliphatic heterocycles. The molecule has 0 aliphatic carbocycles. The van der Waals surface area contributed by atoms with E-state index in [0.29, 0.717) is 16.4 Å². The van der Waals surface area contributed by atoms with E-state index < -0.39 is 0 Å². The first kappa shape index (κ1) is 16.7. The summed E-state index contributed by atoms with van der Waals surface area (Å²) < 4.78 is 2.56. The van der Waals surface area contributed by atoms with E-state index in [1.807, 2.05) is 37.3 Å². The van der Waals surface area contributed by atoms with Gasteiger partial charge >= 0.3 is 0 Å². The Balaban J connectivity index is 1.90. The van der Waals surface area contributed by atoms with Crippen LogP contribution >= 0.6 is 27.5 Å². The summed E-state index contributed by atoms with van der Waals surface area (Å²) in [4.78, 5) is 12.5. The zero-order chi connectivity index (χ0) is 17.3. The van der Waals surface area contributed by atoms with Crippen LogP contribution in [-0.4, -0.2) is 20.9 Å². The number of hydrogen-bond donors (Lipinski definition) is 1. The molecule has 0 fully saturated rings. The maximum absolute atomic E-state index is 12.5. The number of nitrogens with one attached hydrogen (secondary N) is 1. The summed E-state index contributed by atoms with van der Waals surface area (Å²) in [5, 5.41) is 11.5. The molecule has 0 radical (unpaired) electrons. The van der Waals surface area contributed by atoms with Crippen LogP contribution in [0.2, 0.25) is 5.02 Å². The smallest absolute Gasteiger partial charge is 0.278 e. The first-order valence-electron chi connectivity index (χ1n) is 7.21. The van der Waals surface area contributed by atoms with Gasteiger partial charge in [-0.1, -0.05) is 44.9 Å². The van der Waals surface area contributed by atoms with Crippen molar-refractivity contribution in [2.75, 3.05) is 5.32 Å². The highest BCUT2D eigenvalue weighted by Gasteiger charge is 2.18. The molecule has 1 amide bonds. The lowest BCUT2D eigenvalue weighted by Crippen LogP contribution is -2.15. The lowest BCUT2D eigenvalue weighted by Gasteiger charge is -2.08. The van der Waals surface area contributed by atoms with Crippen LogP contribution in [-0.2, 0) is 0 Å². The number of aryl methyl sites for hydroxylation is 1. The number of rotatable bonds is 3. The summed E-state index contributed by atoms with van der Waals surface area (Å²) in [5.41, 5.74) is 3.33. The van der Waals surface area contributed by atoms with Crippen molar-refractivity contribution in [3.63, 3.8) is 0 Å². The van der Waals surface area contributed by atoms with Crippen LogP contribution in [0, 0.1) is 13.8 Å². The van der Waals surface area contributed by atoms with Gasteiger partial charge < -0.3 is 5.32 Å². The van der Waals surface area contributed by atoms with Crippen LogP contribution in [0.5, 0.6) is 0 Å². The van der Waals surface area contributed by atoms with E-state index in [1.54, 1.807) is 23.7 Å². The van der Waals surface area contributed by atoms with Crippen molar-refractivity contribution in [2.45, 2.75) is 13.8 Å². The molecule has 24 heavy (non-hydrogen) atoms. The van der Waals surface area contributed by atoms with Crippen LogP contribution in [0.15, 0.2) is 46.9 Å². The number of nitrogens with zero attached hydrogens (tertiary/aromatic N) is 3. The second-order valence-electron chi connectivity index (χ2n) is 5.33. The lowest BCUT2D eigenvalue weighted by atomic mass is 10.2. The maximum Gasteiger partial charge on any atom is 0.278 e. The first-order valence-corrected chi connectivity index (χ1v) is 8.38. The molecule has 1 aromatic heterocycles. The highest BCUT2D eigenvalue weighted by molar-refractivity contribution is 9.10. The highest BCUT2D eigenvalue weighted by Crippen LogP contribution is 2.22. The molecular weight excluding hydrogens is 392 g/mol. The van der Waals surface area contributed by atoms with Gasteiger partial charge in [0.2, 0.25) is 0 Å². The van der Waals surface area contributed by atoms with Gasteiger partial charge in [-0.15, -0.1) is 5.10 Å². The molecule has 0 atom stereocenters. The molecule has 0 saturated heterocycles. The van der Waals surface area contributed by atoms with Crippen LogP contribution in [0.25, 0.3) is 5.69 Å². The molecule has 0 aliphatic rings. The van der Waals surface area contributed by atoms with Crippen LogP contribution in [0.1, 0.15) is 21.7 Å². The van der Waals surface area contributed by atoms with Gasteiger partial charge in [-0.2, -0.15) is 0 Å². The number of carbonyl (C=O) groups is 1. The Morgan fingerprint density at radius 1 is 1.21 bits per heavy atom. The summed E-state index contributed by atoms with van der Waals surface area (Å²) in [5.74, 6) is -0.320. The van der Waals surface area contributed by atoms with Crippen molar-refractivity contribution < 1.29 is 4.79 Å². The summed E-state index contributed by atoms with van der Waals surface area (Å²) in [7, 11) is 0. The van der Waals surface area contributed by atoms with Crippen molar-refractivity contribution >= 4 is 39.1 Å². The molecule has 7 heteroatoms. The van der Waals surface area contributed by atoms with Gasteiger partial charge in [0.05, 0.1) is 11.4 Å². The Labute approximate surface area is 152 Å². The van der Waals surface area contributed by atoms with E-state index in [9.17, 15) is 4.79 Å². The third kappa shape index (κ3) is 3.34. The van der Waals surface area contributed by atoms with Gasteiger partial charge in [0.15, 0.2) is 5.69 Å². The van der Waals surface area contributed by atoms with Crippen molar-refractivity contribution in [2.24, 2.45) is 0 Å². The Kier molecular flexibility index (Phi) is 4.69. The highest BCUT2D eigenvalue weighted by atomic mass is 79.9. The fourth-order valence-electron chi connectivity index (χ4n) is 2.30. The van der Waals surface area contributed by atoms with Crippen molar-refractivity contribution in [3.05, 3.63) is 68.9 Å². The SMILES string of the molecule is Cc1ccc(Cl)cc1NC(=O)c1nnn(-c2cccc(Br)c2)c1C.